The topological polar surface area (TPSA) is 96.8 Å². The van der Waals surface area contributed by atoms with E-state index in [1.54, 1.807) is 16.9 Å². The Bertz CT molecular complexity index is 1110. The third-order valence-electron chi connectivity index (χ3n) is 4.43. The molecule has 2 aromatic carbocycles. The molecule has 0 unspecified atom stereocenters. The summed E-state index contributed by atoms with van der Waals surface area (Å²) in [4.78, 5) is 20.6. The fourth-order valence-corrected chi connectivity index (χ4v) is 2.85. The maximum absolute atomic E-state index is 12.2. The zero-order valence-corrected chi connectivity index (χ0v) is 16.4. The molecule has 30 heavy (non-hydrogen) atoms. The number of nitrogens with one attached hydrogen (secondary N) is 3. The standard InChI is InChI=1S/C22H21N7O/c1-2-16-4-6-18(7-5-16)27-22(30)28-19-10-8-17(9-11-19)26-20-14-21(24-15-23-20)29-13-3-12-25-29/h3-15H,2H2,1H3,(H,23,24,26)(H2,27,28,30). The van der Waals surface area contributed by atoms with E-state index in [1.165, 1.54) is 11.9 Å². The van der Waals surface area contributed by atoms with Crippen LogP contribution in [0, 0.1) is 0 Å². The first-order valence-electron chi connectivity index (χ1n) is 9.56. The van der Waals surface area contributed by atoms with Gasteiger partial charge in [-0.15, -0.1) is 0 Å². The van der Waals surface area contributed by atoms with Gasteiger partial charge in [-0.05, 0) is 54.4 Å². The second-order valence-electron chi connectivity index (χ2n) is 6.54. The number of hydrogen-bond donors (Lipinski definition) is 3. The average Bonchev–Trinajstić information content (AvgIpc) is 3.31. The highest BCUT2D eigenvalue weighted by molar-refractivity contribution is 5.99. The van der Waals surface area contributed by atoms with Crippen LogP contribution < -0.4 is 16.0 Å². The number of nitrogens with zero attached hydrogens (tertiary/aromatic N) is 4. The Labute approximate surface area is 174 Å². The molecule has 0 radical (unpaired) electrons. The Hall–Kier alpha value is -4.20. The van der Waals surface area contributed by atoms with E-state index in [1.807, 2.05) is 60.8 Å². The molecule has 0 aliphatic carbocycles. The Morgan fingerprint density at radius 3 is 2.23 bits per heavy atom. The summed E-state index contributed by atoms with van der Waals surface area (Å²) in [6.45, 7) is 2.09. The largest absolute Gasteiger partial charge is 0.340 e. The Morgan fingerprint density at radius 1 is 0.933 bits per heavy atom. The van der Waals surface area contributed by atoms with Crippen LogP contribution >= 0.6 is 0 Å². The lowest BCUT2D eigenvalue weighted by atomic mass is 10.1. The molecule has 0 saturated heterocycles. The molecule has 0 fully saturated rings. The van der Waals surface area contributed by atoms with E-state index in [2.05, 4.69) is 37.9 Å². The molecule has 0 bridgehead atoms. The highest BCUT2D eigenvalue weighted by Gasteiger charge is 2.05. The second kappa shape index (κ2) is 8.87. The van der Waals surface area contributed by atoms with Crippen molar-refractivity contribution in [1.29, 1.82) is 0 Å². The summed E-state index contributed by atoms with van der Waals surface area (Å²) in [6, 6.07) is 18.5. The number of hydrogen-bond acceptors (Lipinski definition) is 5. The molecule has 2 heterocycles. The van der Waals surface area contributed by atoms with Gasteiger partial charge < -0.3 is 16.0 Å². The van der Waals surface area contributed by atoms with Crippen molar-refractivity contribution >= 4 is 28.9 Å². The van der Waals surface area contributed by atoms with Gasteiger partial charge in [0, 0.05) is 35.5 Å². The minimum atomic E-state index is -0.292. The van der Waals surface area contributed by atoms with E-state index < -0.39 is 0 Å². The predicted molar refractivity (Wildman–Crippen MR) is 117 cm³/mol. The van der Waals surface area contributed by atoms with Crippen LogP contribution in [0.3, 0.4) is 0 Å². The van der Waals surface area contributed by atoms with Crippen molar-refractivity contribution in [1.82, 2.24) is 19.7 Å². The summed E-state index contributed by atoms with van der Waals surface area (Å²) in [5.74, 6) is 1.31. The van der Waals surface area contributed by atoms with Crippen LogP contribution in [-0.2, 0) is 6.42 Å². The maximum Gasteiger partial charge on any atom is 0.323 e. The van der Waals surface area contributed by atoms with E-state index in [4.69, 9.17) is 0 Å². The van der Waals surface area contributed by atoms with Crippen LogP contribution in [0.2, 0.25) is 0 Å². The van der Waals surface area contributed by atoms with Gasteiger partial charge in [0.1, 0.15) is 12.1 Å². The zero-order chi connectivity index (χ0) is 20.8. The summed E-state index contributed by atoms with van der Waals surface area (Å²) < 4.78 is 1.66. The van der Waals surface area contributed by atoms with Crippen molar-refractivity contribution in [3.8, 4) is 5.82 Å². The van der Waals surface area contributed by atoms with Crippen LogP contribution in [0.25, 0.3) is 5.82 Å². The van der Waals surface area contributed by atoms with Crippen molar-refractivity contribution in [2.45, 2.75) is 13.3 Å². The van der Waals surface area contributed by atoms with Crippen molar-refractivity contribution < 1.29 is 4.79 Å². The van der Waals surface area contributed by atoms with Gasteiger partial charge in [-0.3, -0.25) is 0 Å². The molecular formula is C22H21N7O. The quantitative estimate of drug-likeness (QED) is 0.440. The highest BCUT2D eigenvalue weighted by Crippen LogP contribution is 2.19. The first-order chi connectivity index (χ1) is 14.7. The molecule has 2 aromatic heterocycles. The molecule has 0 aliphatic rings. The van der Waals surface area contributed by atoms with Crippen LogP contribution in [0.5, 0.6) is 0 Å². The molecule has 8 nitrogen and oxygen atoms in total. The number of rotatable bonds is 6. The third kappa shape index (κ3) is 4.79. The van der Waals surface area contributed by atoms with Crippen LogP contribution in [0.15, 0.2) is 79.4 Å². The van der Waals surface area contributed by atoms with E-state index in [0.29, 0.717) is 17.3 Å². The van der Waals surface area contributed by atoms with Gasteiger partial charge in [0.25, 0.3) is 0 Å². The average molecular weight is 399 g/mol. The molecule has 150 valence electrons. The Balaban J connectivity index is 1.36. The molecule has 4 aromatic rings. The predicted octanol–water partition coefficient (Wildman–Crippen LogP) is 4.61. The van der Waals surface area contributed by atoms with E-state index >= 15 is 0 Å². The molecule has 2 amide bonds. The van der Waals surface area contributed by atoms with E-state index in [9.17, 15) is 4.79 Å². The van der Waals surface area contributed by atoms with Crippen molar-refractivity contribution in [3.05, 3.63) is 84.9 Å². The van der Waals surface area contributed by atoms with E-state index in [0.717, 1.165) is 17.8 Å². The van der Waals surface area contributed by atoms with Crippen molar-refractivity contribution in [3.63, 3.8) is 0 Å². The molecule has 3 N–H and O–H groups in total. The minimum absolute atomic E-state index is 0.292. The first kappa shape index (κ1) is 19.1. The van der Waals surface area contributed by atoms with Crippen molar-refractivity contribution in [2.24, 2.45) is 0 Å². The van der Waals surface area contributed by atoms with Gasteiger partial charge in [-0.25, -0.2) is 19.4 Å². The monoisotopic (exact) mass is 399 g/mol. The summed E-state index contributed by atoms with van der Waals surface area (Å²) in [5.41, 5.74) is 3.49. The van der Waals surface area contributed by atoms with Crippen LogP contribution in [-0.4, -0.2) is 25.8 Å². The second-order valence-corrected chi connectivity index (χ2v) is 6.54. The van der Waals surface area contributed by atoms with Gasteiger partial charge in [-0.2, -0.15) is 5.10 Å². The molecule has 0 atom stereocenters. The Morgan fingerprint density at radius 2 is 1.60 bits per heavy atom. The van der Waals surface area contributed by atoms with Crippen molar-refractivity contribution in [2.75, 3.05) is 16.0 Å². The number of benzene rings is 2. The zero-order valence-electron chi connectivity index (χ0n) is 16.4. The van der Waals surface area contributed by atoms with Gasteiger partial charge in [-0.1, -0.05) is 19.1 Å². The highest BCUT2D eigenvalue weighted by atomic mass is 16.2. The smallest absolute Gasteiger partial charge is 0.323 e. The lowest BCUT2D eigenvalue weighted by Gasteiger charge is -2.10. The lowest BCUT2D eigenvalue weighted by Crippen LogP contribution is -2.19. The number of carbonyl (C=O) groups is 1. The van der Waals surface area contributed by atoms with Gasteiger partial charge in [0.05, 0.1) is 0 Å². The molecule has 4 rings (SSSR count). The number of urea groups is 1. The lowest BCUT2D eigenvalue weighted by molar-refractivity contribution is 0.262. The van der Waals surface area contributed by atoms with Gasteiger partial charge in [0.15, 0.2) is 5.82 Å². The SMILES string of the molecule is CCc1ccc(NC(=O)Nc2ccc(Nc3cc(-n4cccn4)ncn3)cc2)cc1. The summed E-state index contributed by atoms with van der Waals surface area (Å²) in [5, 5.41) is 13.0. The van der Waals surface area contributed by atoms with Gasteiger partial charge >= 0.3 is 6.03 Å². The maximum atomic E-state index is 12.2. The minimum Gasteiger partial charge on any atom is -0.340 e. The number of carbonyl (C=O) groups excluding carboxylic acids is 1. The normalized spacial score (nSPS) is 10.4. The summed E-state index contributed by atoms with van der Waals surface area (Å²) in [7, 11) is 0. The number of aryl methyl sites for hydroxylation is 1. The van der Waals surface area contributed by atoms with Crippen LogP contribution in [0.1, 0.15) is 12.5 Å². The van der Waals surface area contributed by atoms with Crippen LogP contribution in [0.4, 0.5) is 27.7 Å². The fraction of sp³-hybridized carbons (Fsp3) is 0.0909. The van der Waals surface area contributed by atoms with Gasteiger partial charge in [0.2, 0.25) is 0 Å². The third-order valence-corrected chi connectivity index (χ3v) is 4.43. The number of anilines is 4. The summed E-state index contributed by atoms with van der Waals surface area (Å²) >= 11 is 0. The molecule has 0 spiro atoms. The molecule has 0 aliphatic heterocycles. The summed E-state index contributed by atoms with van der Waals surface area (Å²) in [6.07, 6.45) is 5.95. The number of aromatic nitrogens is 4. The molecule has 8 heteroatoms. The molecular weight excluding hydrogens is 378 g/mol. The first-order valence-corrected chi connectivity index (χ1v) is 9.56. The van der Waals surface area contributed by atoms with E-state index in [-0.39, 0.29) is 6.03 Å². The fourth-order valence-electron chi connectivity index (χ4n) is 2.85. The Kier molecular flexibility index (Phi) is 5.66. The number of amides is 2. The molecule has 0 saturated carbocycles.